The number of carbonyl (C=O) groups is 3. The number of hydrogen-bond donors (Lipinski definition) is 1. The van der Waals surface area contributed by atoms with Gasteiger partial charge in [-0.3, -0.25) is 4.79 Å². The van der Waals surface area contributed by atoms with Crippen LogP contribution in [-0.2, 0) is 33.3 Å². The summed E-state index contributed by atoms with van der Waals surface area (Å²) in [6.45, 7) is 10.2. The van der Waals surface area contributed by atoms with E-state index in [9.17, 15) is 14.4 Å². The van der Waals surface area contributed by atoms with Gasteiger partial charge in [0.15, 0.2) is 0 Å². The van der Waals surface area contributed by atoms with Crippen LogP contribution in [0.2, 0.25) is 0 Å². The van der Waals surface area contributed by atoms with Crippen molar-refractivity contribution in [1.82, 2.24) is 0 Å². The number of esters is 3. The number of rotatable bonds is 11. The maximum absolute atomic E-state index is 13.0. The fraction of sp³-hybridized carbons (Fsp3) is 0.857. The van der Waals surface area contributed by atoms with Crippen molar-refractivity contribution in [3.8, 4) is 0 Å². The van der Waals surface area contributed by atoms with Crippen molar-refractivity contribution >= 4 is 29.7 Å². The molecular weight excluding hydrogens is 410 g/mol. The first-order valence-corrected chi connectivity index (χ1v) is 11.6. The van der Waals surface area contributed by atoms with Crippen molar-refractivity contribution in [3.05, 3.63) is 0 Å². The molecule has 1 unspecified atom stereocenters. The summed E-state index contributed by atoms with van der Waals surface area (Å²) in [5, 5.41) is 0. The monoisotopic (exact) mass is 447 g/mol. The normalized spacial score (nSPS) is 16.6. The molecule has 1 aliphatic heterocycles. The first kappa shape index (κ1) is 26.7. The maximum Gasteiger partial charge on any atom is 0.335 e. The quantitative estimate of drug-likeness (QED) is 0.290. The second-order valence-electron chi connectivity index (χ2n) is 8.27. The Kier molecular flexibility index (Phi) is 11.1. The first-order valence-electron chi connectivity index (χ1n) is 10.6. The number of nitrogens with two attached hydrogens (primary N) is 1. The third-order valence-electron chi connectivity index (χ3n) is 4.65. The van der Waals surface area contributed by atoms with Gasteiger partial charge in [-0.15, -0.1) is 11.8 Å². The van der Waals surface area contributed by atoms with E-state index in [1.807, 2.05) is 0 Å². The van der Waals surface area contributed by atoms with Crippen LogP contribution in [-0.4, -0.2) is 66.5 Å². The zero-order valence-electron chi connectivity index (χ0n) is 18.9. The lowest BCUT2D eigenvalue weighted by atomic mass is 9.95. The molecule has 1 atom stereocenters. The molecular formula is C21H37NO7S. The largest absolute Gasteiger partial charge is 0.464 e. The summed E-state index contributed by atoms with van der Waals surface area (Å²) >= 11 is 1.16. The minimum atomic E-state index is -1.73. The summed E-state index contributed by atoms with van der Waals surface area (Å²) in [5.41, 5.74) is 5.76. The van der Waals surface area contributed by atoms with Gasteiger partial charge in [-0.25, -0.2) is 9.59 Å². The lowest BCUT2D eigenvalue weighted by molar-refractivity contribution is -0.161. The molecule has 0 aromatic heterocycles. The Balaban J connectivity index is 3.04. The Morgan fingerprint density at radius 1 is 1.07 bits per heavy atom. The Bertz CT molecular complexity index is 552. The Morgan fingerprint density at radius 2 is 1.60 bits per heavy atom. The van der Waals surface area contributed by atoms with Crippen LogP contribution < -0.4 is 5.73 Å². The third-order valence-corrected chi connectivity index (χ3v) is 6.38. The van der Waals surface area contributed by atoms with E-state index >= 15 is 0 Å². The van der Waals surface area contributed by atoms with Crippen molar-refractivity contribution in [2.75, 3.05) is 32.2 Å². The lowest BCUT2D eigenvalue weighted by Crippen LogP contribution is -2.59. The maximum atomic E-state index is 13.0. The molecule has 0 aromatic carbocycles. The minimum Gasteiger partial charge on any atom is -0.464 e. The van der Waals surface area contributed by atoms with E-state index in [4.69, 9.17) is 24.7 Å². The van der Waals surface area contributed by atoms with Crippen LogP contribution in [0.3, 0.4) is 0 Å². The standard InChI is InChI=1S/C21H37NO7S/c1-6-27-18(24)21(19(25)28-7-2,30-14-15-10-12-26-13-11-15)16(22)8-9-17(23)29-20(3,4)5/h15-16H,6-14,22H2,1-5H3. The highest BCUT2D eigenvalue weighted by Gasteiger charge is 2.54. The lowest BCUT2D eigenvalue weighted by Gasteiger charge is -2.35. The third kappa shape index (κ3) is 8.07. The molecule has 1 saturated heterocycles. The number of ether oxygens (including phenoxy) is 4. The van der Waals surface area contributed by atoms with E-state index in [2.05, 4.69) is 0 Å². The average molecular weight is 448 g/mol. The fourth-order valence-electron chi connectivity index (χ4n) is 3.12. The average Bonchev–Trinajstić information content (AvgIpc) is 2.67. The van der Waals surface area contributed by atoms with Crippen LogP contribution in [0.5, 0.6) is 0 Å². The summed E-state index contributed by atoms with van der Waals surface area (Å²) in [6, 6.07) is -0.965. The van der Waals surface area contributed by atoms with E-state index in [-0.39, 0.29) is 26.1 Å². The molecule has 0 spiro atoms. The van der Waals surface area contributed by atoms with Crippen molar-refractivity contribution in [1.29, 1.82) is 0 Å². The Hall–Kier alpha value is -1.32. The second-order valence-corrected chi connectivity index (χ2v) is 9.54. The van der Waals surface area contributed by atoms with E-state index in [1.165, 1.54) is 0 Å². The molecule has 2 N–H and O–H groups in total. The predicted octanol–water partition coefficient (Wildman–Crippen LogP) is 2.46. The molecule has 30 heavy (non-hydrogen) atoms. The molecule has 1 rings (SSSR count). The van der Waals surface area contributed by atoms with E-state index in [0.29, 0.717) is 24.9 Å². The van der Waals surface area contributed by atoms with Crippen molar-refractivity contribution in [2.45, 2.75) is 76.7 Å². The smallest absolute Gasteiger partial charge is 0.335 e. The molecule has 0 aromatic rings. The van der Waals surface area contributed by atoms with Crippen molar-refractivity contribution < 1.29 is 33.3 Å². The summed E-state index contributed by atoms with van der Waals surface area (Å²) in [5.74, 6) is -1.05. The van der Waals surface area contributed by atoms with Crippen LogP contribution in [0.25, 0.3) is 0 Å². The first-order chi connectivity index (χ1) is 14.1. The van der Waals surface area contributed by atoms with Gasteiger partial charge in [0, 0.05) is 25.7 Å². The molecule has 0 radical (unpaired) electrons. The number of hydrogen-bond acceptors (Lipinski definition) is 9. The van der Waals surface area contributed by atoms with Gasteiger partial charge in [-0.05, 0) is 65.6 Å². The molecule has 1 fully saturated rings. The zero-order valence-corrected chi connectivity index (χ0v) is 19.7. The highest BCUT2D eigenvalue weighted by atomic mass is 32.2. The van der Waals surface area contributed by atoms with Crippen LogP contribution in [0.15, 0.2) is 0 Å². The van der Waals surface area contributed by atoms with E-state index < -0.39 is 34.3 Å². The van der Waals surface area contributed by atoms with Crippen LogP contribution in [0.1, 0.15) is 60.3 Å². The molecule has 0 amide bonds. The molecule has 174 valence electrons. The van der Waals surface area contributed by atoms with Crippen molar-refractivity contribution in [3.63, 3.8) is 0 Å². The molecule has 1 aliphatic rings. The van der Waals surface area contributed by atoms with Crippen molar-refractivity contribution in [2.24, 2.45) is 11.7 Å². The highest BCUT2D eigenvalue weighted by Crippen LogP contribution is 2.37. The molecule has 0 saturated carbocycles. The Labute approximate surface area is 183 Å². The number of thioether (sulfide) groups is 1. The summed E-state index contributed by atoms with van der Waals surface area (Å²) in [7, 11) is 0. The van der Waals surface area contributed by atoms with Crippen LogP contribution in [0.4, 0.5) is 0 Å². The highest BCUT2D eigenvalue weighted by molar-refractivity contribution is 8.02. The topological polar surface area (TPSA) is 114 Å². The van der Waals surface area contributed by atoms with Gasteiger partial charge in [0.2, 0.25) is 4.75 Å². The molecule has 9 heteroatoms. The second kappa shape index (κ2) is 12.5. The van der Waals surface area contributed by atoms with Gasteiger partial charge in [0.25, 0.3) is 0 Å². The SMILES string of the molecule is CCOC(=O)C(SCC1CCOCC1)(C(=O)OCC)C(N)CCC(=O)OC(C)(C)C. The van der Waals surface area contributed by atoms with E-state index in [1.54, 1.807) is 34.6 Å². The fourth-order valence-corrected chi connectivity index (χ4v) is 4.64. The molecule has 0 aliphatic carbocycles. The van der Waals surface area contributed by atoms with Crippen LogP contribution >= 0.6 is 11.8 Å². The zero-order chi connectivity index (χ0) is 22.8. The van der Waals surface area contributed by atoms with Gasteiger partial charge < -0.3 is 24.7 Å². The predicted molar refractivity (Wildman–Crippen MR) is 115 cm³/mol. The summed E-state index contributed by atoms with van der Waals surface area (Å²) < 4.78 is 19.5. The van der Waals surface area contributed by atoms with E-state index in [0.717, 1.165) is 24.6 Å². The molecule has 1 heterocycles. The molecule has 8 nitrogen and oxygen atoms in total. The summed E-state index contributed by atoms with van der Waals surface area (Å²) in [4.78, 5) is 38.2. The Morgan fingerprint density at radius 3 is 2.07 bits per heavy atom. The van der Waals surface area contributed by atoms with Gasteiger partial charge in [0.05, 0.1) is 13.2 Å². The van der Waals surface area contributed by atoms with Gasteiger partial charge in [-0.1, -0.05) is 0 Å². The molecule has 0 bridgehead atoms. The van der Waals surface area contributed by atoms with Crippen LogP contribution in [0, 0.1) is 5.92 Å². The van der Waals surface area contributed by atoms with Gasteiger partial charge in [-0.2, -0.15) is 0 Å². The minimum absolute atomic E-state index is 0.0170. The summed E-state index contributed by atoms with van der Waals surface area (Å²) in [6.07, 6.45) is 1.77. The number of carbonyl (C=O) groups excluding carboxylic acids is 3. The van der Waals surface area contributed by atoms with Gasteiger partial charge >= 0.3 is 17.9 Å². The van der Waals surface area contributed by atoms with Gasteiger partial charge in [0.1, 0.15) is 5.60 Å².